The van der Waals surface area contributed by atoms with E-state index >= 15 is 0 Å². The number of nitrogens with zero attached hydrogens (tertiary/aromatic N) is 4. The van der Waals surface area contributed by atoms with E-state index in [1.807, 2.05) is 12.1 Å². The van der Waals surface area contributed by atoms with Crippen LogP contribution in [0.5, 0.6) is 0 Å². The predicted octanol–water partition coefficient (Wildman–Crippen LogP) is 2.64. The molecule has 1 aromatic heterocycles. The van der Waals surface area contributed by atoms with Gasteiger partial charge >= 0.3 is 0 Å². The normalized spacial score (nSPS) is 18.2. The van der Waals surface area contributed by atoms with Crippen LogP contribution in [0.15, 0.2) is 36.5 Å². The van der Waals surface area contributed by atoms with Gasteiger partial charge in [0.05, 0.1) is 0 Å². The third-order valence-corrected chi connectivity index (χ3v) is 5.57. The Labute approximate surface area is 166 Å². The highest BCUT2D eigenvalue weighted by molar-refractivity contribution is 5.92. The van der Waals surface area contributed by atoms with E-state index in [0.717, 1.165) is 44.7 Å². The summed E-state index contributed by atoms with van der Waals surface area (Å²) in [5, 5.41) is 6.27. The first kappa shape index (κ1) is 18.7. The summed E-state index contributed by atoms with van der Waals surface area (Å²) in [7, 11) is 2.16. The number of benzene rings is 1. The molecule has 0 atom stereocenters. The fourth-order valence-electron chi connectivity index (χ4n) is 3.82. The summed E-state index contributed by atoms with van der Waals surface area (Å²) < 4.78 is 0. The first-order valence-corrected chi connectivity index (χ1v) is 10.1. The number of carbonyl (C=O) groups excluding carboxylic acids is 1. The van der Waals surface area contributed by atoms with E-state index in [2.05, 4.69) is 49.6 Å². The second-order valence-electron chi connectivity index (χ2n) is 7.68. The maximum Gasteiger partial charge on any atom is 0.270 e. The highest BCUT2D eigenvalue weighted by Crippen LogP contribution is 2.21. The first-order chi connectivity index (χ1) is 13.7. The van der Waals surface area contributed by atoms with Crippen molar-refractivity contribution in [3.05, 3.63) is 42.2 Å². The number of piperazine rings is 1. The summed E-state index contributed by atoms with van der Waals surface area (Å²) in [6.07, 6.45) is 6.11. The molecule has 2 heterocycles. The molecule has 2 aromatic rings. The number of hydrogen-bond donors (Lipinski definition) is 2. The highest BCUT2D eigenvalue weighted by Gasteiger charge is 2.19. The minimum absolute atomic E-state index is 0.122. The van der Waals surface area contributed by atoms with Gasteiger partial charge in [-0.15, -0.1) is 0 Å². The molecule has 148 valence electrons. The molecule has 1 amide bonds. The Morgan fingerprint density at radius 3 is 2.46 bits per heavy atom. The molecule has 0 bridgehead atoms. The second kappa shape index (κ2) is 8.56. The van der Waals surface area contributed by atoms with Crippen LogP contribution in [0.2, 0.25) is 0 Å². The number of anilines is 3. The Balaban J connectivity index is 1.38. The topological polar surface area (TPSA) is 73.4 Å². The molecule has 1 aliphatic carbocycles. The van der Waals surface area contributed by atoms with Crippen molar-refractivity contribution < 1.29 is 4.79 Å². The summed E-state index contributed by atoms with van der Waals surface area (Å²) >= 11 is 0. The lowest BCUT2D eigenvalue weighted by molar-refractivity contribution is 0.0933. The lowest BCUT2D eigenvalue weighted by Gasteiger charge is -2.34. The number of hydrogen-bond acceptors (Lipinski definition) is 6. The fourth-order valence-corrected chi connectivity index (χ4v) is 3.82. The first-order valence-electron chi connectivity index (χ1n) is 10.1. The highest BCUT2D eigenvalue weighted by atomic mass is 16.1. The quantitative estimate of drug-likeness (QED) is 0.831. The monoisotopic (exact) mass is 380 g/mol. The van der Waals surface area contributed by atoms with Gasteiger partial charge in [0.1, 0.15) is 5.69 Å². The molecule has 1 saturated heterocycles. The molecule has 0 radical (unpaired) electrons. The van der Waals surface area contributed by atoms with Crippen LogP contribution in [-0.4, -0.2) is 60.0 Å². The SMILES string of the molecule is CN1CCN(c2ccc(Nc3nccc(C(=O)NC4CCCC4)n3)cc2)CC1. The maximum absolute atomic E-state index is 12.4. The lowest BCUT2D eigenvalue weighted by atomic mass is 10.2. The molecule has 2 aliphatic rings. The molecule has 28 heavy (non-hydrogen) atoms. The van der Waals surface area contributed by atoms with Crippen LogP contribution in [0.4, 0.5) is 17.3 Å². The number of aromatic nitrogens is 2. The molecule has 0 unspecified atom stereocenters. The maximum atomic E-state index is 12.4. The number of likely N-dealkylation sites (N-methyl/N-ethyl adjacent to an activating group) is 1. The van der Waals surface area contributed by atoms with E-state index in [0.29, 0.717) is 11.6 Å². The molecule has 1 aliphatic heterocycles. The fraction of sp³-hybridized carbons (Fsp3) is 0.476. The van der Waals surface area contributed by atoms with Crippen molar-refractivity contribution in [2.45, 2.75) is 31.7 Å². The van der Waals surface area contributed by atoms with Gasteiger partial charge in [0.2, 0.25) is 5.95 Å². The van der Waals surface area contributed by atoms with Crippen molar-refractivity contribution in [3.8, 4) is 0 Å². The van der Waals surface area contributed by atoms with E-state index in [4.69, 9.17) is 0 Å². The molecular formula is C21H28N6O. The molecular weight excluding hydrogens is 352 g/mol. The van der Waals surface area contributed by atoms with Gasteiger partial charge in [-0.3, -0.25) is 4.79 Å². The predicted molar refractivity (Wildman–Crippen MR) is 111 cm³/mol. The Morgan fingerprint density at radius 1 is 1.04 bits per heavy atom. The van der Waals surface area contributed by atoms with E-state index in [-0.39, 0.29) is 11.9 Å². The number of rotatable bonds is 5. The molecule has 7 nitrogen and oxygen atoms in total. The minimum Gasteiger partial charge on any atom is -0.369 e. The van der Waals surface area contributed by atoms with Crippen molar-refractivity contribution in [2.75, 3.05) is 43.4 Å². The third-order valence-electron chi connectivity index (χ3n) is 5.57. The van der Waals surface area contributed by atoms with E-state index in [1.165, 1.54) is 18.5 Å². The zero-order valence-corrected chi connectivity index (χ0v) is 16.4. The Morgan fingerprint density at radius 2 is 1.75 bits per heavy atom. The van der Waals surface area contributed by atoms with Crippen molar-refractivity contribution in [1.29, 1.82) is 0 Å². The van der Waals surface area contributed by atoms with Crippen LogP contribution < -0.4 is 15.5 Å². The van der Waals surface area contributed by atoms with Gasteiger partial charge in [-0.05, 0) is 50.2 Å². The van der Waals surface area contributed by atoms with Gasteiger partial charge < -0.3 is 20.4 Å². The van der Waals surface area contributed by atoms with Crippen molar-refractivity contribution in [1.82, 2.24) is 20.2 Å². The zero-order valence-electron chi connectivity index (χ0n) is 16.4. The molecule has 7 heteroatoms. The van der Waals surface area contributed by atoms with Gasteiger partial charge in [-0.1, -0.05) is 12.8 Å². The van der Waals surface area contributed by atoms with Crippen LogP contribution in [0, 0.1) is 0 Å². The number of amides is 1. The molecule has 1 saturated carbocycles. The van der Waals surface area contributed by atoms with Gasteiger partial charge in [-0.25, -0.2) is 9.97 Å². The Bertz CT molecular complexity index is 795. The van der Waals surface area contributed by atoms with Crippen molar-refractivity contribution in [2.24, 2.45) is 0 Å². The van der Waals surface area contributed by atoms with Crippen molar-refractivity contribution in [3.63, 3.8) is 0 Å². The van der Waals surface area contributed by atoms with Gasteiger partial charge in [0.15, 0.2) is 0 Å². The molecule has 1 aromatic carbocycles. The van der Waals surface area contributed by atoms with Gasteiger partial charge in [0.25, 0.3) is 5.91 Å². The summed E-state index contributed by atoms with van der Waals surface area (Å²) in [5.41, 5.74) is 2.54. The number of nitrogens with one attached hydrogen (secondary N) is 2. The van der Waals surface area contributed by atoms with Crippen LogP contribution in [0.3, 0.4) is 0 Å². The molecule has 2 fully saturated rings. The average Bonchev–Trinajstić information content (AvgIpc) is 3.22. The van der Waals surface area contributed by atoms with Crippen LogP contribution in [0.25, 0.3) is 0 Å². The van der Waals surface area contributed by atoms with Gasteiger partial charge in [0, 0.05) is 49.8 Å². The summed E-state index contributed by atoms with van der Waals surface area (Å²) in [6, 6.07) is 10.2. The van der Waals surface area contributed by atoms with E-state index in [9.17, 15) is 4.79 Å². The summed E-state index contributed by atoms with van der Waals surface area (Å²) in [6.45, 7) is 4.27. The second-order valence-corrected chi connectivity index (χ2v) is 7.68. The van der Waals surface area contributed by atoms with Crippen LogP contribution >= 0.6 is 0 Å². The van der Waals surface area contributed by atoms with Crippen LogP contribution in [0.1, 0.15) is 36.2 Å². The van der Waals surface area contributed by atoms with E-state index in [1.54, 1.807) is 12.3 Å². The van der Waals surface area contributed by atoms with E-state index < -0.39 is 0 Å². The summed E-state index contributed by atoms with van der Waals surface area (Å²) in [5.74, 6) is 0.314. The largest absolute Gasteiger partial charge is 0.369 e. The summed E-state index contributed by atoms with van der Waals surface area (Å²) in [4.78, 5) is 25.8. The number of carbonyl (C=O) groups is 1. The van der Waals surface area contributed by atoms with Crippen LogP contribution in [-0.2, 0) is 0 Å². The molecule has 0 spiro atoms. The molecule has 2 N–H and O–H groups in total. The Hall–Kier alpha value is -2.67. The Kier molecular flexibility index (Phi) is 5.71. The van der Waals surface area contributed by atoms with Crippen molar-refractivity contribution >= 4 is 23.2 Å². The average molecular weight is 380 g/mol. The zero-order chi connectivity index (χ0) is 19.3. The standard InChI is InChI=1S/C21H28N6O/c1-26-12-14-27(15-13-26)18-8-6-17(7-9-18)24-21-22-11-10-19(25-21)20(28)23-16-4-2-3-5-16/h6-11,16H,2-5,12-15H2,1H3,(H,23,28)(H,22,24,25). The van der Waals surface area contributed by atoms with Gasteiger partial charge in [-0.2, -0.15) is 0 Å². The third kappa shape index (κ3) is 4.59. The lowest BCUT2D eigenvalue weighted by Crippen LogP contribution is -2.44. The minimum atomic E-state index is -0.122. The molecule has 4 rings (SSSR count). The smallest absolute Gasteiger partial charge is 0.270 e.